The van der Waals surface area contributed by atoms with Crippen LogP contribution in [0, 0.1) is 5.41 Å². The minimum absolute atomic E-state index is 0.307. The zero-order valence-corrected chi connectivity index (χ0v) is 22.0. The molecule has 188 valence electrons. The number of amides is 2. The molecule has 10 heteroatoms. The highest BCUT2D eigenvalue weighted by atomic mass is 35.5. The van der Waals surface area contributed by atoms with Gasteiger partial charge in [0, 0.05) is 29.9 Å². The van der Waals surface area contributed by atoms with Crippen molar-refractivity contribution in [1.29, 1.82) is 0 Å². The average molecular weight is 519 g/mol. The summed E-state index contributed by atoms with van der Waals surface area (Å²) in [6.07, 6.45) is 5.22. The first-order chi connectivity index (χ1) is 16.4. The maximum Gasteiger partial charge on any atom is 0.442 e. The van der Waals surface area contributed by atoms with Gasteiger partial charge in [0.15, 0.2) is 0 Å². The minimum Gasteiger partial charge on any atom is -0.442 e. The molecule has 2 heterocycles. The molecule has 1 saturated carbocycles. The minimum atomic E-state index is -3.08. The number of ether oxygens (including phenoxy) is 1. The first kappa shape index (κ1) is 25.4. The van der Waals surface area contributed by atoms with Crippen LogP contribution in [0.4, 0.5) is 16.3 Å². The van der Waals surface area contributed by atoms with Crippen LogP contribution in [0.3, 0.4) is 0 Å². The number of nitrogens with one attached hydrogen (secondary N) is 1. The van der Waals surface area contributed by atoms with Gasteiger partial charge in [0.25, 0.3) is 5.91 Å². The van der Waals surface area contributed by atoms with Gasteiger partial charge in [-0.3, -0.25) is 4.79 Å². The highest BCUT2D eigenvalue weighted by Gasteiger charge is 2.44. The van der Waals surface area contributed by atoms with Crippen molar-refractivity contribution in [1.82, 2.24) is 4.98 Å². The number of hydrogen-bond acceptors (Lipinski definition) is 6. The summed E-state index contributed by atoms with van der Waals surface area (Å²) in [6.45, 7) is 6.81. The fraction of sp³-hybridized carbons (Fsp3) is 0.480. The third-order valence-electron chi connectivity index (χ3n) is 6.34. The van der Waals surface area contributed by atoms with E-state index in [4.69, 9.17) is 16.3 Å². The number of rotatable bonds is 4. The number of pyridine rings is 1. The van der Waals surface area contributed by atoms with Gasteiger partial charge in [-0.25, -0.2) is 14.0 Å². The monoisotopic (exact) mass is 518 g/mol. The van der Waals surface area contributed by atoms with Crippen LogP contribution in [0.15, 0.2) is 45.7 Å². The normalized spacial score (nSPS) is 18.5. The average Bonchev–Trinajstić information content (AvgIpc) is 3.51. The van der Waals surface area contributed by atoms with Crippen LogP contribution in [-0.2, 0) is 14.5 Å². The number of carbonyl (C=O) groups excluding carboxylic acids is 2. The molecule has 2 amide bonds. The van der Waals surface area contributed by atoms with E-state index < -0.39 is 21.4 Å². The maximum absolute atomic E-state index is 13.2. The van der Waals surface area contributed by atoms with Gasteiger partial charge in [-0.2, -0.15) is 0 Å². The molecule has 1 saturated heterocycles. The molecular formula is C25H31ClN4O4S. The Kier molecular flexibility index (Phi) is 6.85. The number of anilines is 2. The predicted molar refractivity (Wildman–Crippen MR) is 138 cm³/mol. The Morgan fingerprint density at radius 1 is 1.14 bits per heavy atom. The molecular weight excluding hydrogens is 488 g/mol. The van der Waals surface area contributed by atoms with E-state index in [1.54, 1.807) is 57.2 Å². The highest BCUT2D eigenvalue weighted by molar-refractivity contribution is 7.93. The third-order valence-corrected chi connectivity index (χ3v) is 8.17. The SMILES string of the molecule is CC(C)(C)OC(=O)N=S(C)(=O)c1cccc(NC(=O)c2ccc(Cl)nc2N2CCC3(CC2)CC3)c1. The molecule has 1 aromatic heterocycles. The van der Waals surface area contributed by atoms with Gasteiger partial charge in [-0.1, -0.05) is 17.7 Å². The van der Waals surface area contributed by atoms with E-state index in [2.05, 4.69) is 19.6 Å². The fourth-order valence-corrected chi connectivity index (χ4v) is 5.44. The summed E-state index contributed by atoms with van der Waals surface area (Å²) in [6, 6.07) is 9.76. The maximum atomic E-state index is 13.2. The molecule has 1 N–H and O–H groups in total. The van der Waals surface area contributed by atoms with Crippen LogP contribution in [0.25, 0.3) is 0 Å². The molecule has 1 aliphatic carbocycles. The first-order valence-corrected chi connectivity index (χ1v) is 13.9. The van der Waals surface area contributed by atoms with Gasteiger partial charge in [0.2, 0.25) is 0 Å². The van der Waals surface area contributed by atoms with E-state index in [0.29, 0.717) is 32.5 Å². The smallest absolute Gasteiger partial charge is 0.442 e. The Morgan fingerprint density at radius 3 is 2.46 bits per heavy atom. The lowest BCUT2D eigenvalue weighted by molar-refractivity contribution is 0.0607. The van der Waals surface area contributed by atoms with Gasteiger partial charge in [-0.05, 0) is 82.2 Å². The first-order valence-electron chi connectivity index (χ1n) is 11.6. The van der Waals surface area contributed by atoms with E-state index in [1.807, 2.05) is 0 Å². The zero-order chi connectivity index (χ0) is 25.4. The third kappa shape index (κ3) is 6.32. The zero-order valence-electron chi connectivity index (χ0n) is 20.5. The van der Waals surface area contributed by atoms with Crippen LogP contribution in [0.2, 0.25) is 5.15 Å². The summed E-state index contributed by atoms with van der Waals surface area (Å²) < 4.78 is 22.1. The molecule has 1 atom stereocenters. The van der Waals surface area contributed by atoms with E-state index in [0.717, 1.165) is 25.9 Å². The quantitative estimate of drug-likeness (QED) is 0.516. The van der Waals surface area contributed by atoms with Gasteiger partial charge in [0.05, 0.1) is 15.3 Å². The molecule has 0 bridgehead atoms. The Bertz CT molecular complexity index is 1270. The van der Waals surface area contributed by atoms with Crippen molar-refractivity contribution in [2.24, 2.45) is 9.78 Å². The molecule has 35 heavy (non-hydrogen) atoms. The number of aromatic nitrogens is 1. The topological polar surface area (TPSA) is 101 Å². The van der Waals surface area contributed by atoms with Crippen molar-refractivity contribution in [3.63, 3.8) is 0 Å². The summed E-state index contributed by atoms with van der Waals surface area (Å²) in [7, 11) is -3.08. The summed E-state index contributed by atoms with van der Waals surface area (Å²) in [5.41, 5.74) is 0.597. The van der Waals surface area contributed by atoms with E-state index in [-0.39, 0.29) is 5.91 Å². The summed E-state index contributed by atoms with van der Waals surface area (Å²) in [4.78, 5) is 32.2. The van der Waals surface area contributed by atoms with Crippen LogP contribution < -0.4 is 10.2 Å². The fourth-order valence-electron chi connectivity index (χ4n) is 4.20. The van der Waals surface area contributed by atoms with Gasteiger partial charge >= 0.3 is 6.09 Å². The van der Waals surface area contributed by atoms with Crippen LogP contribution >= 0.6 is 11.6 Å². The Morgan fingerprint density at radius 2 is 1.83 bits per heavy atom. The van der Waals surface area contributed by atoms with Gasteiger partial charge in [-0.15, -0.1) is 4.36 Å². The van der Waals surface area contributed by atoms with E-state index in [9.17, 15) is 13.8 Å². The van der Waals surface area contributed by atoms with E-state index in [1.165, 1.54) is 19.1 Å². The van der Waals surface area contributed by atoms with Gasteiger partial charge < -0.3 is 15.0 Å². The summed E-state index contributed by atoms with van der Waals surface area (Å²) in [5.74, 6) is 0.223. The van der Waals surface area contributed by atoms with Crippen molar-refractivity contribution in [2.45, 2.75) is 57.0 Å². The standard InChI is InChI=1S/C25H31ClN4O4S/c1-24(2,3)34-23(32)29-35(4,33)18-7-5-6-17(16-18)27-22(31)19-8-9-20(26)28-21(19)30-14-12-25(10-11-25)13-15-30/h5-9,16H,10-15H2,1-4H3,(H,27,31). The van der Waals surface area contributed by atoms with Crippen molar-refractivity contribution < 1.29 is 18.5 Å². The number of nitrogens with zero attached hydrogens (tertiary/aromatic N) is 3. The molecule has 4 rings (SSSR count). The largest absolute Gasteiger partial charge is 0.442 e. The summed E-state index contributed by atoms with van der Waals surface area (Å²) >= 11 is 6.17. The Balaban J connectivity index is 1.54. The Hall–Kier alpha value is -2.65. The second-order valence-electron chi connectivity index (χ2n) is 10.3. The molecule has 2 aromatic rings. The van der Waals surface area contributed by atoms with Crippen LogP contribution in [0.1, 0.15) is 56.8 Å². The molecule has 1 aromatic carbocycles. The second-order valence-corrected chi connectivity index (χ2v) is 13.0. The molecule has 1 aliphatic heterocycles. The molecule has 2 aliphatic rings. The lowest BCUT2D eigenvalue weighted by atomic mass is 9.93. The number of carbonyl (C=O) groups is 2. The lowest BCUT2D eigenvalue weighted by Crippen LogP contribution is -2.36. The van der Waals surface area contributed by atoms with Crippen molar-refractivity contribution in [2.75, 3.05) is 29.6 Å². The molecule has 1 spiro atoms. The summed E-state index contributed by atoms with van der Waals surface area (Å²) in [5, 5.41) is 3.19. The molecule has 8 nitrogen and oxygen atoms in total. The molecule has 0 radical (unpaired) electrons. The number of piperidine rings is 1. The van der Waals surface area contributed by atoms with E-state index >= 15 is 0 Å². The Labute approximate surface area is 211 Å². The van der Waals surface area contributed by atoms with Gasteiger partial charge in [0.1, 0.15) is 16.6 Å². The van der Waals surface area contributed by atoms with Crippen molar-refractivity contribution >= 4 is 44.8 Å². The number of hydrogen-bond donors (Lipinski definition) is 1. The number of halogens is 1. The van der Waals surface area contributed by atoms with Crippen molar-refractivity contribution in [3.05, 3.63) is 47.1 Å². The van der Waals surface area contributed by atoms with Crippen LogP contribution in [0.5, 0.6) is 0 Å². The molecule has 2 fully saturated rings. The number of benzene rings is 1. The van der Waals surface area contributed by atoms with Crippen LogP contribution in [-0.4, -0.2) is 46.1 Å². The molecule has 1 unspecified atom stereocenters. The predicted octanol–water partition coefficient (Wildman–Crippen LogP) is 5.76. The van der Waals surface area contributed by atoms with Crippen molar-refractivity contribution in [3.8, 4) is 0 Å². The highest BCUT2D eigenvalue weighted by Crippen LogP contribution is 2.54. The lowest BCUT2D eigenvalue weighted by Gasteiger charge is -2.33. The second kappa shape index (κ2) is 9.43.